The van der Waals surface area contributed by atoms with E-state index in [1.54, 1.807) is 18.2 Å². The lowest BCUT2D eigenvalue weighted by molar-refractivity contribution is -0.137. The Balaban J connectivity index is 2.66. The Labute approximate surface area is 112 Å². The number of carboxylic acid groups (broad SMARTS) is 1. The van der Waals surface area contributed by atoms with Crippen molar-refractivity contribution < 1.29 is 14.7 Å². The SMILES string of the molecule is CC(C)[C@@H](N)C(=O)Nc1cccc(CCC(=O)O)c1. The molecule has 0 radical (unpaired) electrons. The first-order chi connectivity index (χ1) is 8.90. The smallest absolute Gasteiger partial charge is 0.303 e. The molecule has 0 aromatic heterocycles. The highest BCUT2D eigenvalue weighted by Gasteiger charge is 2.17. The van der Waals surface area contributed by atoms with Gasteiger partial charge in [0, 0.05) is 12.1 Å². The van der Waals surface area contributed by atoms with E-state index < -0.39 is 12.0 Å². The van der Waals surface area contributed by atoms with Crippen LogP contribution in [0.15, 0.2) is 24.3 Å². The van der Waals surface area contributed by atoms with Crippen molar-refractivity contribution in [2.24, 2.45) is 11.7 Å². The van der Waals surface area contributed by atoms with Crippen molar-refractivity contribution in [1.29, 1.82) is 0 Å². The normalized spacial score (nSPS) is 12.2. The lowest BCUT2D eigenvalue weighted by Crippen LogP contribution is -2.39. The Kier molecular flexibility index (Phi) is 5.51. The standard InChI is InChI=1S/C14H20N2O3/c1-9(2)13(15)14(19)16-11-5-3-4-10(8-11)6-7-12(17)18/h3-5,8-9,13H,6-7,15H2,1-2H3,(H,16,19)(H,17,18)/t13-/m1/s1. The zero-order valence-corrected chi connectivity index (χ0v) is 11.2. The van der Waals surface area contributed by atoms with Gasteiger partial charge in [-0.3, -0.25) is 9.59 Å². The van der Waals surface area contributed by atoms with E-state index in [9.17, 15) is 9.59 Å². The third-order valence-electron chi connectivity index (χ3n) is 2.84. The van der Waals surface area contributed by atoms with Gasteiger partial charge >= 0.3 is 5.97 Å². The Morgan fingerprint density at radius 1 is 1.37 bits per heavy atom. The van der Waals surface area contributed by atoms with E-state index in [2.05, 4.69) is 5.32 Å². The summed E-state index contributed by atoms with van der Waals surface area (Å²) in [7, 11) is 0. The Morgan fingerprint density at radius 3 is 2.63 bits per heavy atom. The molecule has 0 fully saturated rings. The van der Waals surface area contributed by atoms with Gasteiger partial charge in [-0.2, -0.15) is 0 Å². The second kappa shape index (κ2) is 6.89. The van der Waals surface area contributed by atoms with Crippen LogP contribution in [0.25, 0.3) is 0 Å². The monoisotopic (exact) mass is 264 g/mol. The molecule has 4 N–H and O–H groups in total. The number of carboxylic acids is 1. The highest BCUT2D eigenvalue weighted by Crippen LogP contribution is 2.13. The summed E-state index contributed by atoms with van der Waals surface area (Å²) in [6, 6.07) is 6.60. The van der Waals surface area contributed by atoms with Crippen molar-refractivity contribution in [3.05, 3.63) is 29.8 Å². The third kappa shape index (κ3) is 5.09. The number of amides is 1. The minimum atomic E-state index is -0.837. The second-order valence-electron chi connectivity index (χ2n) is 4.85. The number of nitrogens with two attached hydrogens (primary N) is 1. The van der Waals surface area contributed by atoms with Crippen LogP contribution in [0.2, 0.25) is 0 Å². The summed E-state index contributed by atoms with van der Waals surface area (Å²) < 4.78 is 0. The molecule has 5 heteroatoms. The fourth-order valence-electron chi connectivity index (χ4n) is 1.58. The van der Waals surface area contributed by atoms with E-state index >= 15 is 0 Å². The summed E-state index contributed by atoms with van der Waals surface area (Å²) in [5.41, 5.74) is 7.27. The fraction of sp³-hybridized carbons (Fsp3) is 0.429. The average molecular weight is 264 g/mol. The van der Waals surface area contributed by atoms with Gasteiger partial charge in [0.25, 0.3) is 0 Å². The minimum Gasteiger partial charge on any atom is -0.481 e. The summed E-state index contributed by atoms with van der Waals surface area (Å²) in [4.78, 5) is 22.3. The summed E-state index contributed by atoms with van der Waals surface area (Å²) in [5, 5.41) is 11.4. The van der Waals surface area contributed by atoms with Crippen LogP contribution in [0.5, 0.6) is 0 Å². The molecule has 5 nitrogen and oxygen atoms in total. The van der Waals surface area contributed by atoms with Crippen LogP contribution in [0, 0.1) is 5.92 Å². The van der Waals surface area contributed by atoms with E-state index in [4.69, 9.17) is 10.8 Å². The van der Waals surface area contributed by atoms with Crippen molar-refractivity contribution in [2.45, 2.75) is 32.7 Å². The molecule has 1 aromatic carbocycles. The number of rotatable bonds is 6. The molecule has 1 atom stereocenters. The maximum atomic E-state index is 11.8. The topological polar surface area (TPSA) is 92.4 Å². The number of aryl methyl sites for hydroxylation is 1. The molecule has 1 amide bonds. The molecule has 1 rings (SSSR count). The van der Waals surface area contributed by atoms with Gasteiger partial charge in [0.05, 0.1) is 6.04 Å². The number of hydrogen-bond acceptors (Lipinski definition) is 3. The van der Waals surface area contributed by atoms with Gasteiger partial charge in [-0.15, -0.1) is 0 Å². The Hall–Kier alpha value is -1.88. The van der Waals surface area contributed by atoms with E-state index in [0.29, 0.717) is 12.1 Å². The molecule has 0 aliphatic rings. The van der Waals surface area contributed by atoms with E-state index in [1.165, 1.54) is 0 Å². The van der Waals surface area contributed by atoms with Gasteiger partial charge in [-0.25, -0.2) is 0 Å². The average Bonchev–Trinajstić information content (AvgIpc) is 2.35. The van der Waals surface area contributed by atoms with E-state index in [-0.39, 0.29) is 18.2 Å². The number of anilines is 1. The van der Waals surface area contributed by atoms with E-state index in [1.807, 2.05) is 19.9 Å². The fourth-order valence-corrected chi connectivity index (χ4v) is 1.58. The summed E-state index contributed by atoms with van der Waals surface area (Å²) in [6.07, 6.45) is 0.512. The molecule has 0 unspecified atom stereocenters. The van der Waals surface area contributed by atoms with Crippen LogP contribution in [0.3, 0.4) is 0 Å². The molecule has 0 saturated carbocycles. The number of aliphatic carboxylic acids is 1. The van der Waals surface area contributed by atoms with Gasteiger partial charge < -0.3 is 16.2 Å². The van der Waals surface area contributed by atoms with Crippen molar-refractivity contribution in [2.75, 3.05) is 5.32 Å². The van der Waals surface area contributed by atoms with Crippen LogP contribution >= 0.6 is 0 Å². The number of carbonyl (C=O) groups excluding carboxylic acids is 1. The van der Waals surface area contributed by atoms with Crippen molar-refractivity contribution in [3.8, 4) is 0 Å². The Morgan fingerprint density at radius 2 is 2.05 bits per heavy atom. The molecule has 0 saturated heterocycles. The van der Waals surface area contributed by atoms with Crippen molar-refractivity contribution in [3.63, 3.8) is 0 Å². The van der Waals surface area contributed by atoms with Crippen molar-refractivity contribution in [1.82, 2.24) is 0 Å². The van der Waals surface area contributed by atoms with Crippen LogP contribution in [0.4, 0.5) is 5.69 Å². The number of carbonyl (C=O) groups is 2. The number of benzene rings is 1. The van der Waals surface area contributed by atoms with Gasteiger partial charge in [0.15, 0.2) is 0 Å². The predicted molar refractivity (Wildman–Crippen MR) is 73.8 cm³/mol. The second-order valence-corrected chi connectivity index (χ2v) is 4.85. The number of nitrogens with one attached hydrogen (secondary N) is 1. The molecular weight excluding hydrogens is 244 g/mol. The lowest BCUT2D eigenvalue weighted by atomic mass is 10.0. The highest BCUT2D eigenvalue weighted by molar-refractivity contribution is 5.94. The van der Waals surface area contributed by atoms with Gasteiger partial charge in [0.2, 0.25) is 5.91 Å². The molecule has 0 aliphatic carbocycles. The van der Waals surface area contributed by atoms with Crippen LogP contribution in [-0.4, -0.2) is 23.0 Å². The zero-order chi connectivity index (χ0) is 14.4. The molecule has 0 aliphatic heterocycles. The lowest BCUT2D eigenvalue weighted by Gasteiger charge is -2.15. The van der Waals surface area contributed by atoms with Crippen molar-refractivity contribution >= 4 is 17.6 Å². The van der Waals surface area contributed by atoms with Gasteiger partial charge in [-0.1, -0.05) is 26.0 Å². The Bertz CT molecular complexity index is 458. The first-order valence-electron chi connectivity index (χ1n) is 6.27. The zero-order valence-electron chi connectivity index (χ0n) is 11.2. The van der Waals surface area contributed by atoms with Crippen LogP contribution < -0.4 is 11.1 Å². The first kappa shape index (κ1) is 15.2. The summed E-state index contributed by atoms with van der Waals surface area (Å²) in [5.74, 6) is -1.00. The molecular formula is C14H20N2O3. The maximum Gasteiger partial charge on any atom is 0.303 e. The summed E-state index contributed by atoms with van der Waals surface area (Å²) in [6.45, 7) is 3.76. The van der Waals surface area contributed by atoms with Gasteiger partial charge in [0.1, 0.15) is 0 Å². The summed E-state index contributed by atoms with van der Waals surface area (Å²) >= 11 is 0. The number of hydrogen-bond donors (Lipinski definition) is 3. The van der Waals surface area contributed by atoms with Crippen LogP contribution in [0.1, 0.15) is 25.8 Å². The van der Waals surface area contributed by atoms with E-state index in [0.717, 1.165) is 5.56 Å². The minimum absolute atomic E-state index is 0.0650. The molecule has 0 bridgehead atoms. The van der Waals surface area contributed by atoms with Crippen LogP contribution in [-0.2, 0) is 16.0 Å². The molecule has 104 valence electrons. The van der Waals surface area contributed by atoms with Gasteiger partial charge in [-0.05, 0) is 30.0 Å². The molecule has 1 aromatic rings. The largest absolute Gasteiger partial charge is 0.481 e. The maximum absolute atomic E-state index is 11.8. The molecule has 19 heavy (non-hydrogen) atoms. The molecule has 0 spiro atoms. The highest BCUT2D eigenvalue weighted by atomic mass is 16.4. The quantitative estimate of drug-likeness (QED) is 0.728. The first-order valence-corrected chi connectivity index (χ1v) is 6.27. The third-order valence-corrected chi connectivity index (χ3v) is 2.84. The molecule has 0 heterocycles. The predicted octanol–water partition coefficient (Wildman–Crippen LogP) is 1.63.